The summed E-state index contributed by atoms with van der Waals surface area (Å²) in [5.41, 5.74) is 2.61. The number of rotatable bonds is 6. The number of alkyl halides is 2. The number of hydrogen-bond donors (Lipinski definition) is 1. The van der Waals surface area contributed by atoms with Crippen LogP contribution in [0, 0.1) is 5.13 Å². The Labute approximate surface area is 133 Å². The highest BCUT2D eigenvalue weighted by molar-refractivity contribution is 7.12. The van der Waals surface area contributed by atoms with Crippen molar-refractivity contribution in [3.63, 3.8) is 0 Å². The maximum absolute atomic E-state index is 12.8. The molecule has 1 amide bonds. The zero-order valence-corrected chi connectivity index (χ0v) is 12.7. The Morgan fingerprint density at radius 1 is 1.52 bits per heavy atom. The third kappa shape index (κ3) is 3.98. The number of aromatic nitrogens is 2. The second kappa shape index (κ2) is 6.53. The second-order valence-electron chi connectivity index (χ2n) is 5.16. The van der Waals surface area contributed by atoms with Gasteiger partial charge in [0.2, 0.25) is 0 Å². The number of carbonyl (C=O) groups excluding carboxylic acids is 1. The van der Waals surface area contributed by atoms with Gasteiger partial charge in [-0.2, -0.15) is 14.6 Å². The van der Waals surface area contributed by atoms with E-state index in [2.05, 4.69) is 15.6 Å². The van der Waals surface area contributed by atoms with Crippen LogP contribution in [0.4, 0.5) is 13.2 Å². The molecule has 5 nitrogen and oxygen atoms in total. The van der Waals surface area contributed by atoms with Gasteiger partial charge >= 0.3 is 0 Å². The van der Waals surface area contributed by atoms with E-state index < -0.39 is 12.3 Å². The van der Waals surface area contributed by atoms with Gasteiger partial charge in [-0.25, -0.2) is 14.2 Å². The molecule has 23 heavy (non-hydrogen) atoms. The first-order valence-electron chi connectivity index (χ1n) is 6.96. The Balaban J connectivity index is 1.62. The first kappa shape index (κ1) is 15.7. The first-order chi connectivity index (χ1) is 11.0. The summed E-state index contributed by atoms with van der Waals surface area (Å²) in [5, 5.41) is 7.16. The molecule has 122 valence electrons. The minimum absolute atomic E-state index is 0.186. The fourth-order valence-corrected chi connectivity index (χ4v) is 2.73. The molecule has 1 fully saturated rings. The summed E-state index contributed by atoms with van der Waals surface area (Å²) < 4.78 is 39.6. The van der Waals surface area contributed by atoms with E-state index in [4.69, 9.17) is 0 Å². The van der Waals surface area contributed by atoms with E-state index in [9.17, 15) is 18.0 Å². The lowest BCUT2D eigenvalue weighted by molar-refractivity contribution is -0.121. The van der Waals surface area contributed by atoms with Crippen LogP contribution in [0.5, 0.6) is 0 Å². The van der Waals surface area contributed by atoms with Gasteiger partial charge < -0.3 is 0 Å². The lowest BCUT2D eigenvalue weighted by Gasteiger charge is -2.05. The molecule has 2 aromatic rings. The van der Waals surface area contributed by atoms with Gasteiger partial charge in [-0.1, -0.05) is 0 Å². The molecule has 3 rings (SSSR count). The third-order valence-corrected chi connectivity index (χ3v) is 4.13. The van der Waals surface area contributed by atoms with Gasteiger partial charge in [0.05, 0.1) is 11.1 Å². The fourth-order valence-electron chi connectivity index (χ4n) is 2.13. The molecule has 1 aliphatic rings. The normalized spacial score (nSPS) is 14.8. The van der Waals surface area contributed by atoms with Crippen molar-refractivity contribution < 1.29 is 18.0 Å². The highest BCUT2D eigenvalue weighted by atomic mass is 32.1. The maximum atomic E-state index is 12.8. The van der Waals surface area contributed by atoms with Crippen LogP contribution < -0.4 is 5.43 Å². The van der Waals surface area contributed by atoms with Gasteiger partial charge in [-0.15, -0.1) is 11.3 Å². The molecule has 0 bridgehead atoms. The predicted molar refractivity (Wildman–Crippen MR) is 79.2 cm³/mol. The van der Waals surface area contributed by atoms with E-state index in [1.54, 1.807) is 0 Å². The van der Waals surface area contributed by atoms with Crippen molar-refractivity contribution in [3.05, 3.63) is 39.6 Å². The topological polar surface area (TPSA) is 59.3 Å². The van der Waals surface area contributed by atoms with Crippen LogP contribution in [0.1, 0.15) is 41.4 Å². The molecule has 0 aromatic carbocycles. The Morgan fingerprint density at radius 3 is 2.91 bits per heavy atom. The monoisotopic (exact) mass is 342 g/mol. The minimum atomic E-state index is -2.66. The number of nitrogens with zero attached hydrogens (tertiary/aromatic N) is 3. The molecule has 0 atom stereocenters. The van der Waals surface area contributed by atoms with Crippen molar-refractivity contribution in [3.8, 4) is 0 Å². The van der Waals surface area contributed by atoms with E-state index in [0.29, 0.717) is 10.6 Å². The van der Waals surface area contributed by atoms with Crippen LogP contribution in [-0.2, 0) is 11.3 Å². The standard InChI is InChI=1S/C14H13F3N4OS/c15-12-4-3-9(23-12)6-18-19-13(22)7-21-11(8-1-2-8)5-10(20-21)14(16)17/h3-6,8,14H,1-2,7H2,(H,19,22)/b18-6+. The molecule has 0 spiro atoms. The van der Waals surface area contributed by atoms with Gasteiger partial charge in [0.15, 0.2) is 5.13 Å². The molecule has 2 aromatic heterocycles. The number of halogens is 3. The quantitative estimate of drug-likeness (QED) is 0.648. The Hall–Kier alpha value is -2.16. The van der Waals surface area contributed by atoms with Crippen molar-refractivity contribution in [2.75, 3.05) is 0 Å². The molecule has 0 aliphatic heterocycles. The molecular formula is C14H13F3N4OS. The predicted octanol–water partition coefficient (Wildman–Crippen LogP) is 3.05. The van der Waals surface area contributed by atoms with E-state index in [0.717, 1.165) is 24.2 Å². The molecule has 9 heteroatoms. The second-order valence-corrected chi connectivity index (χ2v) is 6.23. The van der Waals surface area contributed by atoms with Crippen molar-refractivity contribution >= 4 is 23.5 Å². The van der Waals surface area contributed by atoms with E-state index in [1.165, 1.54) is 29.1 Å². The zero-order valence-electron chi connectivity index (χ0n) is 11.9. The van der Waals surface area contributed by atoms with Crippen LogP contribution in [0.25, 0.3) is 0 Å². The largest absolute Gasteiger partial charge is 0.282 e. The molecule has 1 N–H and O–H groups in total. The van der Waals surface area contributed by atoms with Gasteiger partial charge in [-0.05, 0) is 31.0 Å². The Kier molecular flexibility index (Phi) is 4.46. The van der Waals surface area contributed by atoms with E-state index in [1.807, 2.05) is 0 Å². The SMILES string of the molecule is O=C(Cn1nc(C(F)F)cc1C1CC1)N/N=C/c1ccc(F)s1. The summed E-state index contributed by atoms with van der Waals surface area (Å²) in [7, 11) is 0. The summed E-state index contributed by atoms with van der Waals surface area (Å²) in [6.45, 7) is -0.186. The molecule has 1 saturated carbocycles. The molecular weight excluding hydrogens is 329 g/mol. The van der Waals surface area contributed by atoms with Crippen molar-refractivity contribution in [1.29, 1.82) is 0 Å². The fraction of sp³-hybridized carbons (Fsp3) is 0.357. The highest BCUT2D eigenvalue weighted by Gasteiger charge is 2.30. The first-order valence-corrected chi connectivity index (χ1v) is 7.77. The van der Waals surface area contributed by atoms with E-state index in [-0.39, 0.29) is 23.3 Å². The van der Waals surface area contributed by atoms with Crippen LogP contribution in [0.2, 0.25) is 0 Å². The zero-order chi connectivity index (χ0) is 16.4. The van der Waals surface area contributed by atoms with Crippen LogP contribution in [0.3, 0.4) is 0 Å². The lowest BCUT2D eigenvalue weighted by atomic mass is 10.2. The summed E-state index contributed by atoms with van der Waals surface area (Å²) >= 11 is 0.896. The molecule has 0 unspecified atom stereocenters. The molecule has 0 radical (unpaired) electrons. The van der Waals surface area contributed by atoms with Crippen molar-refractivity contribution in [1.82, 2.24) is 15.2 Å². The van der Waals surface area contributed by atoms with Crippen molar-refractivity contribution in [2.45, 2.75) is 31.7 Å². The molecule has 2 heterocycles. The third-order valence-electron chi connectivity index (χ3n) is 3.32. The number of thiophene rings is 1. The van der Waals surface area contributed by atoms with Gasteiger partial charge in [0, 0.05) is 11.6 Å². The average molecular weight is 342 g/mol. The molecule has 0 saturated heterocycles. The number of nitrogens with one attached hydrogen (secondary N) is 1. The summed E-state index contributed by atoms with van der Waals surface area (Å²) in [6, 6.07) is 4.18. The summed E-state index contributed by atoms with van der Waals surface area (Å²) in [4.78, 5) is 12.4. The van der Waals surface area contributed by atoms with Crippen LogP contribution >= 0.6 is 11.3 Å². The van der Waals surface area contributed by atoms with Gasteiger partial charge in [0.25, 0.3) is 12.3 Å². The Bertz CT molecular complexity index is 736. The summed E-state index contributed by atoms with van der Waals surface area (Å²) in [5.74, 6) is -0.288. The maximum Gasteiger partial charge on any atom is 0.282 e. The number of amides is 1. The number of carbonyl (C=O) groups is 1. The van der Waals surface area contributed by atoms with E-state index >= 15 is 0 Å². The number of hydrazone groups is 1. The minimum Gasteiger partial charge on any atom is -0.271 e. The summed E-state index contributed by atoms with van der Waals surface area (Å²) in [6.07, 6.45) is 0.487. The van der Waals surface area contributed by atoms with Gasteiger partial charge in [0.1, 0.15) is 12.2 Å². The number of hydrogen-bond acceptors (Lipinski definition) is 4. The van der Waals surface area contributed by atoms with Crippen molar-refractivity contribution in [2.24, 2.45) is 5.10 Å². The Morgan fingerprint density at radius 2 is 2.30 bits per heavy atom. The van der Waals surface area contributed by atoms with Gasteiger partial charge in [-0.3, -0.25) is 9.48 Å². The molecule has 1 aliphatic carbocycles. The average Bonchev–Trinajstić information content (AvgIpc) is 3.12. The van der Waals surface area contributed by atoms with Crippen LogP contribution in [0.15, 0.2) is 23.3 Å². The lowest BCUT2D eigenvalue weighted by Crippen LogP contribution is -2.24. The van der Waals surface area contributed by atoms with Crippen LogP contribution in [-0.4, -0.2) is 21.9 Å². The highest BCUT2D eigenvalue weighted by Crippen LogP contribution is 2.41. The smallest absolute Gasteiger partial charge is 0.271 e.